The summed E-state index contributed by atoms with van der Waals surface area (Å²) in [5, 5.41) is 7.07. The second-order valence-electron chi connectivity index (χ2n) is 5.30. The van der Waals surface area contributed by atoms with Crippen molar-refractivity contribution in [1.82, 2.24) is 19.7 Å². The largest absolute Gasteiger partial charge is 0.353 e. The van der Waals surface area contributed by atoms with Gasteiger partial charge in [-0.15, -0.1) is 0 Å². The molecule has 1 N–H and O–H groups in total. The van der Waals surface area contributed by atoms with E-state index >= 15 is 0 Å². The predicted octanol–water partition coefficient (Wildman–Crippen LogP) is 0.739. The van der Waals surface area contributed by atoms with Gasteiger partial charge in [-0.1, -0.05) is 0 Å². The van der Waals surface area contributed by atoms with Crippen molar-refractivity contribution >= 4 is 5.91 Å². The molecule has 1 saturated carbocycles. The van der Waals surface area contributed by atoms with E-state index in [2.05, 4.69) is 10.4 Å². The van der Waals surface area contributed by atoms with Gasteiger partial charge >= 0.3 is 0 Å². The lowest BCUT2D eigenvalue weighted by Gasteiger charge is -2.08. The summed E-state index contributed by atoms with van der Waals surface area (Å²) in [7, 11) is 0. The summed E-state index contributed by atoms with van der Waals surface area (Å²) < 4.78 is 3.23. The van der Waals surface area contributed by atoms with Gasteiger partial charge in [-0.25, -0.2) is 4.68 Å². The van der Waals surface area contributed by atoms with Crippen molar-refractivity contribution in [2.24, 2.45) is 0 Å². The van der Waals surface area contributed by atoms with Crippen molar-refractivity contribution < 1.29 is 4.79 Å². The average molecular weight is 286 g/mol. The van der Waals surface area contributed by atoms with Crippen LogP contribution in [0.2, 0.25) is 0 Å². The molecule has 0 bridgehead atoms. The number of rotatable bonds is 6. The molecule has 1 fully saturated rings. The summed E-state index contributed by atoms with van der Waals surface area (Å²) in [4.78, 5) is 23.6. The Kier molecular flexibility index (Phi) is 3.85. The molecule has 2 heterocycles. The minimum atomic E-state index is -0.236. The van der Waals surface area contributed by atoms with Gasteiger partial charge < -0.3 is 9.88 Å². The highest BCUT2D eigenvalue weighted by Gasteiger charge is 2.25. The third kappa shape index (κ3) is 3.59. The van der Waals surface area contributed by atoms with E-state index < -0.39 is 0 Å². The molecule has 0 saturated heterocycles. The summed E-state index contributed by atoms with van der Waals surface area (Å²) in [6, 6.07) is 7.14. The first kappa shape index (κ1) is 13.6. The zero-order chi connectivity index (χ0) is 14.7. The Labute approximate surface area is 122 Å². The van der Waals surface area contributed by atoms with Crippen LogP contribution < -0.4 is 10.9 Å². The van der Waals surface area contributed by atoms with E-state index in [4.69, 9.17) is 0 Å². The second-order valence-corrected chi connectivity index (χ2v) is 5.30. The number of carbonyl (C=O) groups excluding carboxylic acids is 1. The second kappa shape index (κ2) is 5.95. The highest BCUT2D eigenvalue weighted by Crippen LogP contribution is 2.38. The van der Waals surface area contributed by atoms with E-state index in [0.29, 0.717) is 19.0 Å². The first-order valence-corrected chi connectivity index (χ1v) is 7.18. The average Bonchev–Trinajstić information content (AvgIpc) is 3.19. The Morgan fingerprint density at radius 2 is 2.05 bits per heavy atom. The summed E-state index contributed by atoms with van der Waals surface area (Å²) >= 11 is 0. The van der Waals surface area contributed by atoms with Gasteiger partial charge in [-0.05, 0) is 31.0 Å². The molecule has 3 rings (SSSR count). The maximum Gasteiger partial charge on any atom is 0.267 e. The third-order valence-corrected chi connectivity index (χ3v) is 3.53. The molecule has 1 aliphatic carbocycles. The van der Waals surface area contributed by atoms with Crippen molar-refractivity contribution in [3.63, 3.8) is 0 Å². The SMILES string of the molecule is O=C(Cn1nc(C2CC2)ccc1=O)NCCn1cccc1. The Balaban J connectivity index is 1.54. The van der Waals surface area contributed by atoms with Crippen LogP contribution in [-0.2, 0) is 17.9 Å². The molecule has 110 valence electrons. The van der Waals surface area contributed by atoms with Gasteiger partial charge in [0.05, 0.1) is 5.69 Å². The topological polar surface area (TPSA) is 68.9 Å². The van der Waals surface area contributed by atoms with Crippen molar-refractivity contribution in [1.29, 1.82) is 0 Å². The fourth-order valence-electron chi connectivity index (χ4n) is 2.21. The standard InChI is InChI=1S/C15H18N4O2/c20-14(16-7-10-18-8-1-2-9-18)11-19-15(21)6-5-13(17-19)12-3-4-12/h1-2,5-6,8-9,12H,3-4,7,10-11H2,(H,16,20). The fourth-order valence-corrected chi connectivity index (χ4v) is 2.21. The quantitative estimate of drug-likeness (QED) is 0.851. The Bertz CT molecular complexity index is 671. The van der Waals surface area contributed by atoms with Gasteiger partial charge in [-0.3, -0.25) is 9.59 Å². The van der Waals surface area contributed by atoms with Crippen molar-refractivity contribution in [2.75, 3.05) is 6.54 Å². The van der Waals surface area contributed by atoms with Crippen molar-refractivity contribution in [2.45, 2.75) is 31.8 Å². The predicted molar refractivity (Wildman–Crippen MR) is 77.9 cm³/mol. The normalized spacial score (nSPS) is 14.1. The van der Waals surface area contributed by atoms with E-state index in [1.165, 1.54) is 10.7 Å². The molecule has 1 amide bonds. The van der Waals surface area contributed by atoms with Crippen LogP contribution in [0.15, 0.2) is 41.5 Å². The molecular formula is C15H18N4O2. The minimum Gasteiger partial charge on any atom is -0.353 e. The molecule has 0 spiro atoms. The van der Waals surface area contributed by atoms with Crippen LogP contribution in [-0.4, -0.2) is 26.8 Å². The Morgan fingerprint density at radius 1 is 1.29 bits per heavy atom. The van der Waals surface area contributed by atoms with Crippen LogP contribution in [0.25, 0.3) is 0 Å². The number of carbonyl (C=O) groups is 1. The Hall–Kier alpha value is -2.37. The number of nitrogens with zero attached hydrogens (tertiary/aromatic N) is 3. The minimum absolute atomic E-state index is 0.0227. The fraction of sp³-hybridized carbons (Fsp3) is 0.400. The van der Waals surface area contributed by atoms with Crippen LogP contribution in [0.5, 0.6) is 0 Å². The molecule has 0 radical (unpaired) electrons. The van der Waals surface area contributed by atoms with E-state index in [-0.39, 0.29) is 18.0 Å². The number of hydrogen-bond donors (Lipinski definition) is 1. The maximum atomic E-state index is 11.9. The highest BCUT2D eigenvalue weighted by atomic mass is 16.2. The molecule has 1 aliphatic rings. The Morgan fingerprint density at radius 3 is 2.76 bits per heavy atom. The number of nitrogens with one attached hydrogen (secondary N) is 1. The maximum absolute atomic E-state index is 11.9. The molecule has 2 aromatic rings. The van der Waals surface area contributed by atoms with Gasteiger partial charge in [0.15, 0.2) is 0 Å². The van der Waals surface area contributed by atoms with E-state index in [9.17, 15) is 9.59 Å². The summed E-state index contributed by atoms with van der Waals surface area (Å²) in [6.45, 7) is 1.22. The smallest absolute Gasteiger partial charge is 0.267 e. The third-order valence-electron chi connectivity index (χ3n) is 3.53. The van der Waals surface area contributed by atoms with Crippen LogP contribution in [0.3, 0.4) is 0 Å². The number of amides is 1. The summed E-state index contributed by atoms with van der Waals surface area (Å²) in [5.74, 6) is 0.276. The molecular weight excluding hydrogens is 268 g/mol. The van der Waals surface area contributed by atoms with Crippen molar-refractivity contribution in [3.05, 3.63) is 52.7 Å². The van der Waals surface area contributed by atoms with Gasteiger partial charge in [0.1, 0.15) is 6.54 Å². The molecule has 6 heteroatoms. The number of hydrogen-bond acceptors (Lipinski definition) is 3. The highest BCUT2D eigenvalue weighted by molar-refractivity contribution is 5.75. The monoisotopic (exact) mass is 286 g/mol. The molecule has 0 aromatic carbocycles. The summed E-state index contributed by atoms with van der Waals surface area (Å²) in [6.07, 6.45) is 6.12. The lowest BCUT2D eigenvalue weighted by atomic mass is 10.3. The van der Waals surface area contributed by atoms with Gasteiger partial charge in [0, 0.05) is 37.5 Å². The van der Waals surface area contributed by atoms with Crippen LogP contribution in [0.4, 0.5) is 0 Å². The lowest BCUT2D eigenvalue weighted by molar-refractivity contribution is -0.121. The molecule has 6 nitrogen and oxygen atoms in total. The van der Waals surface area contributed by atoms with Crippen molar-refractivity contribution in [3.8, 4) is 0 Å². The molecule has 0 unspecified atom stereocenters. The van der Waals surface area contributed by atoms with Gasteiger partial charge in [-0.2, -0.15) is 5.10 Å². The van der Waals surface area contributed by atoms with Gasteiger partial charge in [0.25, 0.3) is 5.56 Å². The van der Waals surface area contributed by atoms with Crippen LogP contribution >= 0.6 is 0 Å². The van der Waals surface area contributed by atoms with E-state index in [0.717, 1.165) is 18.5 Å². The van der Waals surface area contributed by atoms with Crippen LogP contribution in [0, 0.1) is 0 Å². The lowest BCUT2D eigenvalue weighted by Crippen LogP contribution is -2.35. The first-order valence-electron chi connectivity index (χ1n) is 7.18. The number of aromatic nitrogens is 3. The summed E-state index contributed by atoms with van der Waals surface area (Å²) in [5.41, 5.74) is 0.676. The van der Waals surface area contributed by atoms with Gasteiger partial charge in [0.2, 0.25) is 5.91 Å². The van der Waals surface area contributed by atoms with Crippen LogP contribution in [0.1, 0.15) is 24.5 Å². The zero-order valence-corrected chi connectivity index (χ0v) is 11.7. The first-order chi connectivity index (χ1) is 10.2. The molecule has 21 heavy (non-hydrogen) atoms. The molecule has 0 atom stereocenters. The molecule has 2 aromatic heterocycles. The van der Waals surface area contributed by atoms with E-state index in [1.807, 2.05) is 29.1 Å². The zero-order valence-electron chi connectivity index (χ0n) is 11.7. The molecule has 0 aliphatic heterocycles. The van der Waals surface area contributed by atoms with E-state index in [1.54, 1.807) is 6.07 Å².